The van der Waals surface area contributed by atoms with Gasteiger partial charge in [-0.1, -0.05) is 41.1 Å². The Bertz CT molecular complexity index is 1560. The molecule has 0 spiro atoms. The fraction of sp³-hybridized carbons (Fsp3) is 0.208. The molecule has 2 heterocycles. The monoisotopic (exact) mass is 591 g/mol. The molecule has 0 amide bonds. The third-order valence-corrected chi connectivity index (χ3v) is 7.32. The lowest BCUT2D eigenvalue weighted by Gasteiger charge is -2.24. The molecule has 0 aliphatic carbocycles. The van der Waals surface area contributed by atoms with Crippen molar-refractivity contribution in [3.8, 4) is 0 Å². The lowest BCUT2D eigenvalue weighted by Crippen LogP contribution is -2.40. The van der Waals surface area contributed by atoms with Crippen LogP contribution >= 0.6 is 38.9 Å². The van der Waals surface area contributed by atoms with E-state index in [1.165, 1.54) is 17.7 Å². The van der Waals surface area contributed by atoms with Crippen LogP contribution in [0, 0.1) is 10.1 Å². The van der Waals surface area contributed by atoms with Crippen molar-refractivity contribution in [1.82, 2.24) is 4.57 Å². The number of ether oxygens (including phenoxy) is 2. The number of fused-ring (bicyclic) bond motifs is 1. The zero-order valence-corrected chi connectivity index (χ0v) is 22.2. The molecule has 1 aromatic heterocycles. The molecule has 0 radical (unpaired) electrons. The van der Waals surface area contributed by atoms with Gasteiger partial charge in [-0.05, 0) is 58.3 Å². The van der Waals surface area contributed by atoms with E-state index in [9.17, 15) is 19.7 Å². The SMILES string of the molecule is COCCOC(=O)C1=C(C)N=c2sc(=Cc3ccc(Br)c([N+](=O)[O-])c3)c(=O)n2C1c1ccc(Cl)cc1. The predicted molar refractivity (Wildman–Crippen MR) is 139 cm³/mol. The molecule has 1 aliphatic rings. The Labute approximate surface area is 222 Å². The maximum atomic E-state index is 13.6. The van der Waals surface area contributed by atoms with Gasteiger partial charge in [0.05, 0.1) is 37.8 Å². The van der Waals surface area contributed by atoms with Crippen molar-refractivity contribution in [3.63, 3.8) is 0 Å². The van der Waals surface area contributed by atoms with E-state index in [2.05, 4.69) is 20.9 Å². The first-order chi connectivity index (χ1) is 17.2. The number of allylic oxidation sites excluding steroid dienone is 1. The van der Waals surface area contributed by atoms with Crippen molar-refractivity contribution in [3.05, 3.63) is 104 Å². The summed E-state index contributed by atoms with van der Waals surface area (Å²) in [7, 11) is 1.50. The van der Waals surface area contributed by atoms with E-state index in [4.69, 9.17) is 21.1 Å². The predicted octanol–water partition coefficient (Wildman–Crippen LogP) is 3.75. The number of halogens is 2. The van der Waals surface area contributed by atoms with Gasteiger partial charge in [-0.15, -0.1) is 0 Å². The zero-order chi connectivity index (χ0) is 26.0. The van der Waals surface area contributed by atoms with Gasteiger partial charge in [0.25, 0.3) is 11.2 Å². The van der Waals surface area contributed by atoms with E-state index >= 15 is 0 Å². The minimum Gasteiger partial charge on any atom is -0.460 e. The Morgan fingerprint density at radius 1 is 1.28 bits per heavy atom. The standard InChI is InChI=1S/C24H19BrClN3O6S/c1-13-20(23(31)35-10-9-34-2)21(15-4-6-16(26)7-5-15)28-22(30)19(36-24(28)27-13)12-14-3-8-17(25)18(11-14)29(32)33/h3-8,11-12,21H,9-10H2,1-2H3. The van der Waals surface area contributed by atoms with Crippen LogP contribution in [-0.2, 0) is 14.3 Å². The molecular weight excluding hydrogens is 574 g/mol. The van der Waals surface area contributed by atoms with Crippen LogP contribution in [0.2, 0.25) is 5.02 Å². The number of nitro groups is 1. The number of benzene rings is 2. The highest BCUT2D eigenvalue weighted by Gasteiger charge is 2.33. The summed E-state index contributed by atoms with van der Waals surface area (Å²) in [5.74, 6) is -0.605. The average Bonchev–Trinajstić information content (AvgIpc) is 3.14. The lowest BCUT2D eigenvalue weighted by molar-refractivity contribution is -0.385. The number of aromatic nitrogens is 1. The molecule has 0 N–H and O–H groups in total. The summed E-state index contributed by atoms with van der Waals surface area (Å²) < 4.78 is 12.4. The van der Waals surface area contributed by atoms with Crippen molar-refractivity contribution in [2.45, 2.75) is 13.0 Å². The fourth-order valence-corrected chi connectivity index (χ4v) is 5.31. The molecule has 0 fully saturated rings. The summed E-state index contributed by atoms with van der Waals surface area (Å²) in [4.78, 5) is 42.4. The third-order valence-electron chi connectivity index (χ3n) is 5.41. The molecule has 3 aromatic rings. The molecule has 0 bridgehead atoms. The molecular formula is C24H19BrClN3O6S. The number of carbonyl (C=O) groups excluding carboxylic acids is 1. The van der Waals surface area contributed by atoms with E-state index in [-0.39, 0.29) is 30.0 Å². The van der Waals surface area contributed by atoms with Crippen LogP contribution in [0.1, 0.15) is 24.1 Å². The van der Waals surface area contributed by atoms with Crippen LogP contribution in [0.15, 0.2) is 68.0 Å². The molecule has 4 rings (SSSR count). The highest BCUT2D eigenvalue weighted by Crippen LogP contribution is 2.31. The highest BCUT2D eigenvalue weighted by atomic mass is 79.9. The largest absolute Gasteiger partial charge is 0.460 e. The van der Waals surface area contributed by atoms with Gasteiger partial charge < -0.3 is 9.47 Å². The number of hydrogen-bond donors (Lipinski definition) is 0. The van der Waals surface area contributed by atoms with Gasteiger partial charge in [0.2, 0.25) is 0 Å². The number of thiazole rings is 1. The van der Waals surface area contributed by atoms with Crippen LogP contribution in [-0.4, -0.2) is 35.8 Å². The second kappa shape index (κ2) is 10.9. The van der Waals surface area contributed by atoms with E-state index in [1.807, 2.05) is 0 Å². The number of nitro benzene ring substituents is 1. The Morgan fingerprint density at radius 3 is 2.67 bits per heavy atom. The first-order valence-electron chi connectivity index (χ1n) is 10.6. The summed E-state index contributed by atoms with van der Waals surface area (Å²) in [5, 5.41) is 11.8. The van der Waals surface area contributed by atoms with Gasteiger partial charge in [0, 0.05) is 18.2 Å². The third kappa shape index (κ3) is 5.19. The molecule has 1 aliphatic heterocycles. The number of nitrogens with zero attached hydrogens (tertiary/aromatic N) is 3. The minimum atomic E-state index is -0.796. The van der Waals surface area contributed by atoms with Gasteiger partial charge in [0.1, 0.15) is 6.61 Å². The van der Waals surface area contributed by atoms with Crippen molar-refractivity contribution in [2.75, 3.05) is 20.3 Å². The quantitative estimate of drug-likeness (QED) is 0.179. The summed E-state index contributed by atoms with van der Waals surface area (Å²) in [6, 6.07) is 10.6. The Balaban J connectivity index is 1.88. The first kappa shape index (κ1) is 26.0. The Kier molecular flexibility index (Phi) is 7.84. The van der Waals surface area contributed by atoms with E-state index in [0.717, 1.165) is 11.3 Å². The highest BCUT2D eigenvalue weighted by molar-refractivity contribution is 9.10. The Morgan fingerprint density at radius 2 is 2.00 bits per heavy atom. The second-order valence-corrected chi connectivity index (χ2v) is 10.0. The van der Waals surface area contributed by atoms with Crippen LogP contribution in [0.4, 0.5) is 5.69 Å². The molecule has 2 aromatic carbocycles. The molecule has 0 saturated heterocycles. The van der Waals surface area contributed by atoms with Crippen LogP contribution in [0.3, 0.4) is 0 Å². The average molecular weight is 593 g/mol. The summed E-state index contributed by atoms with van der Waals surface area (Å²) in [5.41, 5.74) is 1.27. The van der Waals surface area contributed by atoms with Gasteiger partial charge in [-0.3, -0.25) is 19.5 Å². The number of methoxy groups -OCH3 is 1. The first-order valence-corrected chi connectivity index (χ1v) is 12.6. The maximum Gasteiger partial charge on any atom is 0.338 e. The topological polar surface area (TPSA) is 113 Å². The normalized spacial score (nSPS) is 15.4. The van der Waals surface area contributed by atoms with Crippen molar-refractivity contribution in [2.24, 2.45) is 4.99 Å². The van der Waals surface area contributed by atoms with Crippen LogP contribution < -0.4 is 14.9 Å². The fourth-order valence-electron chi connectivity index (χ4n) is 3.75. The smallest absolute Gasteiger partial charge is 0.338 e. The summed E-state index contributed by atoms with van der Waals surface area (Å²) >= 11 is 10.4. The minimum absolute atomic E-state index is 0.0478. The molecule has 0 saturated carbocycles. The maximum absolute atomic E-state index is 13.6. The summed E-state index contributed by atoms with van der Waals surface area (Å²) in [6.45, 7) is 1.96. The van der Waals surface area contributed by atoms with Gasteiger partial charge in [-0.25, -0.2) is 9.79 Å². The molecule has 1 atom stereocenters. The van der Waals surface area contributed by atoms with Crippen molar-refractivity contribution < 1.29 is 19.2 Å². The Hall–Kier alpha value is -3.12. The zero-order valence-electron chi connectivity index (χ0n) is 19.1. The number of hydrogen-bond acceptors (Lipinski definition) is 8. The number of esters is 1. The van der Waals surface area contributed by atoms with Gasteiger partial charge >= 0.3 is 5.97 Å². The lowest BCUT2D eigenvalue weighted by atomic mass is 9.96. The second-order valence-electron chi connectivity index (χ2n) is 7.73. The molecule has 36 heavy (non-hydrogen) atoms. The van der Waals surface area contributed by atoms with E-state index < -0.39 is 16.9 Å². The van der Waals surface area contributed by atoms with E-state index in [1.54, 1.807) is 49.4 Å². The summed E-state index contributed by atoms with van der Waals surface area (Å²) in [6.07, 6.45) is 1.57. The van der Waals surface area contributed by atoms with Crippen LogP contribution in [0.5, 0.6) is 0 Å². The number of carbonyl (C=O) groups is 1. The molecule has 1 unspecified atom stereocenters. The molecule has 9 nitrogen and oxygen atoms in total. The van der Waals surface area contributed by atoms with Gasteiger partial charge in [-0.2, -0.15) is 0 Å². The molecule has 186 valence electrons. The van der Waals surface area contributed by atoms with E-state index in [0.29, 0.717) is 35.7 Å². The molecule has 12 heteroatoms. The van der Waals surface area contributed by atoms with Gasteiger partial charge in [0.15, 0.2) is 4.80 Å². The van der Waals surface area contributed by atoms with Crippen molar-refractivity contribution in [1.29, 1.82) is 0 Å². The van der Waals surface area contributed by atoms with Crippen molar-refractivity contribution >= 4 is 56.6 Å². The number of rotatable bonds is 7. The van der Waals surface area contributed by atoms with Crippen LogP contribution in [0.25, 0.3) is 6.08 Å².